The maximum absolute atomic E-state index is 4.42. The summed E-state index contributed by atoms with van der Waals surface area (Å²) < 4.78 is 3.90. The topological polar surface area (TPSA) is 48.8 Å². The second kappa shape index (κ2) is 12.9. The van der Waals surface area contributed by atoms with Gasteiger partial charge in [-0.25, -0.2) is 9.13 Å². The summed E-state index contributed by atoms with van der Waals surface area (Å²) in [4.78, 5) is 2.43. The van der Waals surface area contributed by atoms with Gasteiger partial charge in [-0.1, -0.05) is 40.0 Å². The van der Waals surface area contributed by atoms with E-state index in [1.54, 1.807) is 0 Å². The van der Waals surface area contributed by atoms with E-state index in [-0.39, 0.29) is 0 Å². The Morgan fingerprint density at radius 1 is 1.17 bits per heavy atom. The Hall–Kier alpha value is -1.51. The number of nitrogens with zero attached hydrogens (tertiary/aromatic N) is 5. The van der Waals surface area contributed by atoms with Gasteiger partial charge in [-0.3, -0.25) is 0 Å². The Kier molecular flexibility index (Phi) is 10.6. The van der Waals surface area contributed by atoms with Crippen LogP contribution in [-0.2, 0) is 14.1 Å². The first-order chi connectivity index (χ1) is 14.0. The second-order valence-electron chi connectivity index (χ2n) is 7.25. The number of aryl methyl sites for hydroxylation is 3. The number of hydrogen-bond acceptors (Lipinski definition) is 6. The molecule has 29 heavy (non-hydrogen) atoms. The molecule has 1 aromatic carbocycles. The molecule has 0 unspecified atom stereocenters. The van der Waals surface area contributed by atoms with E-state index >= 15 is 0 Å². The Morgan fingerprint density at radius 2 is 1.97 bits per heavy atom. The molecule has 0 aliphatic rings. The van der Waals surface area contributed by atoms with E-state index < -0.39 is 0 Å². The SMILES string of the molecule is CCCCN(C)CCSSCCNc1ccc(N=Nc2n(C)cc[n+]2C)c(C)c1. The van der Waals surface area contributed by atoms with Gasteiger partial charge in [0, 0.05) is 35.4 Å². The summed E-state index contributed by atoms with van der Waals surface area (Å²) in [5, 5.41) is 12.3. The zero-order chi connectivity index (χ0) is 21.1. The number of anilines is 1. The summed E-state index contributed by atoms with van der Waals surface area (Å²) in [6.45, 7) is 7.66. The molecule has 0 saturated heterocycles. The maximum atomic E-state index is 4.42. The van der Waals surface area contributed by atoms with E-state index in [0.717, 1.165) is 35.2 Å². The normalized spacial score (nSPS) is 11.7. The second-order valence-corrected chi connectivity index (χ2v) is 9.95. The van der Waals surface area contributed by atoms with E-state index in [1.807, 2.05) is 63.3 Å². The molecule has 0 saturated carbocycles. The number of benzene rings is 1. The quantitative estimate of drug-likeness (QED) is 0.206. The monoisotopic (exact) mass is 435 g/mol. The lowest BCUT2D eigenvalue weighted by atomic mass is 10.2. The van der Waals surface area contributed by atoms with Crippen LogP contribution >= 0.6 is 21.6 Å². The van der Waals surface area contributed by atoms with Crippen molar-refractivity contribution in [1.82, 2.24) is 9.47 Å². The number of nitrogens with one attached hydrogen (secondary N) is 1. The molecule has 0 amide bonds. The average molecular weight is 436 g/mol. The van der Waals surface area contributed by atoms with Gasteiger partial charge in [0.1, 0.15) is 5.69 Å². The zero-order valence-electron chi connectivity index (χ0n) is 18.4. The number of imidazole rings is 1. The van der Waals surface area contributed by atoms with Crippen LogP contribution in [0.4, 0.5) is 17.3 Å². The van der Waals surface area contributed by atoms with Crippen LogP contribution in [0.1, 0.15) is 25.3 Å². The molecule has 1 heterocycles. The molecule has 0 radical (unpaired) electrons. The van der Waals surface area contributed by atoms with E-state index in [9.17, 15) is 0 Å². The molecule has 2 rings (SSSR count). The molecule has 0 aliphatic heterocycles. The van der Waals surface area contributed by atoms with Gasteiger partial charge in [0.05, 0.1) is 26.5 Å². The van der Waals surface area contributed by atoms with Gasteiger partial charge in [0.15, 0.2) is 0 Å². The maximum Gasteiger partial charge on any atom is 0.421 e. The number of rotatable bonds is 13. The van der Waals surface area contributed by atoms with Gasteiger partial charge in [-0.15, -0.1) is 0 Å². The van der Waals surface area contributed by atoms with Crippen LogP contribution in [0.15, 0.2) is 40.8 Å². The van der Waals surface area contributed by atoms with Crippen molar-refractivity contribution in [3.63, 3.8) is 0 Å². The van der Waals surface area contributed by atoms with Crippen LogP contribution in [0.2, 0.25) is 0 Å². The minimum Gasteiger partial charge on any atom is -0.384 e. The smallest absolute Gasteiger partial charge is 0.384 e. The Bertz CT molecular complexity index is 755. The van der Waals surface area contributed by atoms with Gasteiger partial charge >= 0.3 is 5.95 Å². The molecule has 160 valence electrons. The molecular weight excluding hydrogens is 400 g/mol. The predicted octanol–water partition coefficient (Wildman–Crippen LogP) is 5.10. The summed E-state index contributed by atoms with van der Waals surface area (Å²) in [6, 6.07) is 6.24. The molecule has 0 bridgehead atoms. The zero-order valence-corrected chi connectivity index (χ0v) is 20.0. The van der Waals surface area contributed by atoms with Gasteiger partial charge in [0.2, 0.25) is 0 Å². The highest BCUT2D eigenvalue weighted by Crippen LogP contribution is 2.25. The van der Waals surface area contributed by atoms with Crippen molar-refractivity contribution >= 4 is 38.9 Å². The van der Waals surface area contributed by atoms with E-state index in [0.29, 0.717) is 0 Å². The molecule has 0 aliphatic carbocycles. The summed E-state index contributed by atoms with van der Waals surface area (Å²) >= 11 is 0. The fourth-order valence-electron chi connectivity index (χ4n) is 2.79. The molecule has 0 atom stereocenters. The lowest BCUT2D eigenvalue weighted by Crippen LogP contribution is -2.25. The first kappa shape index (κ1) is 23.8. The molecule has 0 fully saturated rings. The standard InChI is InChI=1S/C21H34N6S2/c1-6-7-11-25(3)14-16-29-28-15-10-22-19-8-9-20(18(2)17-19)23-24-21-26(4)12-13-27(21)5/h8-9,12-13,17H,6-7,10-11,14-16H2,1-5H3/p+1. The van der Waals surface area contributed by atoms with Crippen LogP contribution < -0.4 is 9.88 Å². The summed E-state index contributed by atoms with van der Waals surface area (Å²) in [5.74, 6) is 3.09. The van der Waals surface area contributed by atoms with Crippen molar-refractivity contribution in [2.75, 3.05) is 43.5 Å². The molecule has 2 aromatic rings. The van der Waals surface area contributed by atoms with Crippen LogP contribution in [0, 0.1) is 6.92 Å². The number of azo groups is 1. The predicted molar refractivity (Wildman–Crippen MR) is 128 cm³/mol. The first-order valence-electron chi connectivity index (χ1n) is 10.2. The minimum atomic E-state index is 0.817. The van der Waals surface area contributed by atoms with Crippen molar-refractivity contribution < 1.29 is 4.57 Å². The van der Waals surface area contributed by atoms with Gasteiger partial charge in [-0.2, -0.15) is 0 Å². The fraction of sp³-hybridized carbons (Fsp3) is 0.571. The van der Waals surface area contributed by atoms with E-state index in [2.05, 4.69) is 53.5 Å². The average Bonchev–Trinajstić information content (AvgIpc) is 3.02. The highest BCUT2D eigenvalue weighted by atomic mass is 33.1. The van der Waals surface area contributed by atoms with Crippen molar-refractivity contribution in [3.8, 4) is 0 Å². The summed E-state index contributed by atoms with van der Waals surface area (Å²) in [7, 11) is 10.1. The Balaban J connectivity index is 1.69. The molecule has 6 nitrogen and oxygen atoms in total. The van der Waals surface area contributed by atoms with Gasteiger partial charge in [0.25, 0.3) is 0 Å². The lowest BCUT2D eigenvalue weighted by molar-refractivity contribution is -0.657. The number of aromatic nitrogens is 2. The number of hydrogen-bond donors (Lipinski definition) is 1. The number of unbranched alkanes of at least 4 members (excludes halogenated alkanes) is 1. The highest BCUT2D eigenvalue weighted by molar-refractivity contribution is 8.76. The van der Waals surface area contributed by atoms with Crippen molar-refractivity contribution in [3.05, 3.63) is 36.2 Å². The van der Waals surface area contributed by atoms with E-state index in [1.165, 1.54) is 31.7 Å². The third kappa shape index (κ3) is 8.40. The highest BCUT2D eigenvalue weighted by Gasteiger charge is 2.11. The Morgan fingerprint density at radius 3 is 2.66 bits per heavy atom. The van der Waals surface area contributed by atoms with Crippen LogP contribution in [0.25, 0.3) is 0 Å². The van der Waals surface area contributed by atoms with Crippen molar-refractivity contribution in [1.29, 1.82) is 0 Å². The van der Waals surface area contributed by atoms with Gasteiger partial charge in [-0.05, 0) is 50.7 Å². The third-order valence-electron chi connectivity index (χ3n) is 4.64. The van der Waals surface area contributed by atoms with Crippen molar-refractivity contribution in [2.24, 2.45) is 24.3 Å². The molecule has 1 N–H and O–H groups in total. The molecule has 8 heteroatoms. The van der Waals surface area contributed by atoms with Crippen molar-refractivity contribution in [2.45, 2.75) is 26.7 Å². The summed E-state index contributed by atoms with van der Waals surface area (Å²) in [6.07, 6.45) is 6.50. The largest absolute Gasteiger partial charge is 0.421 e. The molecule has 0 spiro atoms. The molecular formula is C21H35N6S2+. The Labute approximate surface area is 183 Å². The van der Waals surface area contributed by atoms with Gasteiger partial charge < -0.3 is 10.2 Å². The van der Waals surface area contributed by atoms with Crippen LogP contribution in [0.3, 0.4) is 0 Å². The third-order valence-corrected chi connectivity index (χ3v) is 7.02. The van der Waals surface area contributed by atoms with Crippen LogP contribution in [0.5, 0.6) is 0 Å². The van der Waals surface area contributed by atoms with E-state index in [4.69, 9.17) is 0 Å². The van der Waals surface area contributed by atoms with Crippen LogP contribution in [-0.4, -0.2) is 47.7 Å². The minimum absolute atomic E-state index is 0.817. The summed E-state index contributed by atoms with van der Waals surface area (Å²) in [5.41, 5.74) is 3.15. The molecule has 1 aromatic heterocycles. The fourth-order valence-corrected chi connectivity index (χ4v) is 4.78. The first-order valence-corrected chi connectivity index (χ1v) is 12.7. The lowest BCUT2D eigenvalue weighted by Gasteiger charge is -2.15.